The summed E-state index contributed by atoms with van der Waals surface area (Å²) in [4.78, 5) is 93.2. The van der Waals surface area contributed by atoms with Gasteiger partial charge in [0, 0.05) is 24.3 Å². The Hall–Kier alpha value is -3.58. The molecule has 0 bridgehead atoms. The zero-order valence-electron chi connectivity index (χ0n) is 20.5. The quantitative estimate of drug-likeness (QED) is 0.0544. The van der Waals surface area contributed by atoms with Crippen LogP contribution < -0.4 is 32.3 Å². The molecular formula is C20H30N6O11S2. The van der Waals surface area contributed by atoms with Crippen LogP contribution in [0.15, 0.2) is 0 Å². The van der Waals surface area contributed by atoms with Gasteiger partial charge in [0.05, 0.1) is 0 Å². The molecule has 0 aliphatic carbocycles. The van der Waals surface area contributed by atoms with E-state index in [4.69, 9.17) is 21.1 Å². The Morgan fingerprint density at radius 3 is 1.85 bits per heavy atom. The smallest absolute Gasteiger partial charge is 0.322 e. The van der Waals surface area contributed by atoms with E-state index >= 15 is 0 Å². The summed E-state index contributed by atoms with van der Waals surface area (Å²) >= 11 is 0. The molecule has 4 atom stereocenters. The summed E-state index contributed by atoms with van der Waals surface area (Å²) in [5, 5.41) is 37.9. The molecule has 1 aliphatic rings. The van der Waals surface area contributed by atoms with Gasteiger partial charge >= 0.3 is 17.9 Å². The number of hydrogen-bond acceptors (Lipinski definition) is 11. The minimum atomic E-state index is -1.33. The molecule has 1 rings (SSSR count). The Labute approximate surface area is 229 Å². The second kappa shape index (κ2) is 17.1. The molecule has 1 aliphatic heterocycles. The Morgan fingerprint density at radius 2 is 1.41 bits per heavy atom. The van der Waals surface area contributed by atoms with Crippen LogP contribution in [0.3, 0.4) is 0 Å². The second-order valence-corrected chi connectivity index (χ2v) is 10.7. The van der Waals surface area contributed by atoms with Crippen LogP contribution in [0.5, 0.6) is 0 Å². The molecule has 0 unspecified atom stereocenters. The van der Waals surface area contributed by atoms with Crippen LogP contribution in [0.25, 0.3) is 0 Å². The predicted octanol–water partition coefficient (Wildman–Crippen LogP) is -3.79. The van der Waals surface area contributed by atoms with Crippen molar-refractivity contribution in [2.24, 2.45) is 5.73 Å². The minimum Gasteiger partial charge on any atom is -0.480 e. The van der Waals surface area contributed by atoms with Crippen molar-refractivity contribution in [2.75, 3.05) is 24.6 Å². The van der Waals surface area contributed by atoms with Crippen molar-refractivity contribution in [3.8, 4) is 0 Å². The number of carbonyl (C=O) groups excluding carboxylic acids is 5. The SMILES string of the molecule is N[C@@H](CCC(=O)N[C@@H](CSSC[C@H](NC(=O)[C@@H]1CCC(=O)N1)C(=O)NCC(=O)O)C(=O)NCC(=O)O)C(=O)O. The zero-order chi connectivity index (χ0) is 29.5. The number of carboxylic acids is 3. The molecule has 0 radical (unpaired) electrons. The van der Waals surface area contributed by atoms with Crippen molar-refractivity contribution in [2.45, 2.75) is 49.9 Å². The lowest BCUT2D eigenvalue weighted by Gasteiger charge is -2.21. The van der Waals surface area contributed by atoms with Gasteiger partial charge in [-0.25, -0.2) is 0 Å². The molecule has 0 aromatic rings. The van der Waals surface area contributed by atoms with Gasteiger partial charge in [-0.15, -0.1) is 0 Å². The first-order chi connectivity index (χ1) is 18.3. The normalized spacial score (nSPS) is 16.6. The maximum atomic E-state index is 12.4. The first kappa shape index (κ1) is 33.4. The van der Waals surface area contributed by atoms with Gasteiger partial charge in [0.2, 0.25) is 29.5 Å². The van der Waals surface area contributed by atoms with Crippen LogP contribution >= 0.6 is 21.6 Å². The topological polar surface area (TPSA) is 283 Å². The van der Waals surface area contributed by atoms with Gasteiger partial charge in [0.15, 0.2) is 0 Å². The number of rotatable bonds is 18. The fraction of sp³-hybridized carbons (Fsp3) is 0.600. The van der Waals surface area contributed by atoms with E-state index in [-0.39, 0.29) is 43.1 Å². The lowest BCUT2D eigenvalue weighted by Crippen LogP contribution is -2.53. The molecule has 0 aromatic carbocycles. The van der Waals surface area contributed by atoms with E-state index in [1.54, 1.807) is 0 Å². The molecule has 10 N–H and O–H groups in total. The summed E-state index contributed by atoms with van der Waals surface area (Å²) in [6.45, 7) is -1.42. The average Bonchev–Trinajstić information content (AvgIpc) is 3.31. The number of aliphatic carboxylic acids is 3. The molecule has 218 valence electrons. The van der Waals surface area contributed by atoms with Crippen LogP contribution in [0.1, 0.15) is 25.7 Å². The van der Waals surface area contributed by atoms with Gasteiger partial charge in [0.1, 0.15) is 37.3 Å². The molecule has 1 heterocycles. The summed E-state index contributed by atoms with van der Waals surface area (Å²) in [5.74, 6) is -7.48. The lowest BCUT2D eigenvalue weighted by molar-refractivity contribution is -0.139. The fourth-order valence-electron chi connectivity index (χ4n) is 2.93. The summed E-state index contributed by atoms with van der Waals surface area (Å²) in [5.41, 5.74) is 5.36. The predicted molar refractivity (Wildman–Crippen MR) is 136 cm³/mol. The number of hydrogen-bond donors (Lipinski definition) is 9. The Morgan fingerprint density at radius 1 is 0.897 bits per heavy atom. The van der Waals surface area contributed by atoms with Gasteiger partial charge in [-0.1, -0.05) is 21.6 Å². The maximum Gasteiger partial charge on any atom is 0.322 e. The number of carboxylic acid groups (broad SMARTS) is 3. The highest BCUT2D eigenvalue weighted by Crippen LogP contribution is 2.23. The molecule has 0 aromatic heterocycles. The molecule has 5 amide bonds. The van der Waals surface area contributed by atoms with Crippen LogP contribution in [-0.4, -0.2) is 112 Å². The van der Waals surface area contributed by atoms with Gasteiger partial charge in [-0.3, -0.25) is 38.4 Å². The van der Waals surface area contributed by atoms with Crippen molar-refractivity contribution < 1.29 is 53.7 Å². The molecule has 19 heteroatoms. The highest BCUT2D eigenvalue weighted by atomic mass is 33.1. The molecule has 1 fully saturated rings. The van der Waals surface area contributed by atoms with Crippen molar-refractivity contribution in [3.05, 3.63) is 0 Å². The summed E-state index contributed by atoms with van der Waals surface area (Å²) in [6, 6.07) is -4.59. The number of carbonyl (C=O) groups is 8. The third-order valence-electron chi connectivity index (χ3n) is 4.98. The van der Waals surface area contributed by atoms with E-state index < -0.39 is 78.8 Å². The fourth-order valence-corrected chi connectivity index (χ4v) is 5.26. The number of nitrogens with one attached hydrogen (secondary N) is 5. The average molecular weight is 595 g/mol. The van der Waals surface area contributed by atoms with Crippen LogP contribution in [0, 0.1) is 0 Å². The first-order valence-corrected chi connectivity index (χ1v) is 13.9. The third-order valence-corrected chi connectivity index (χ3v) is 7.40. The third kappa shape index (κ3) is 13.7. The highest BCUT2D eigenvalue weighted by molar-refractivity contribution is 8.76. The van der Waals surface area contributed by atoms with Crippen molar-refractivity contribution in [1.29, 1.82) is 0 Å². The summed E-state index contributed by atoms with van der Waals surface area (Å²) < 4.78 is 0. The van der Waals surface area contributed by atoms with Gasteiger partial charge in [-0.05, 0) is 12.8 Å². The number of nitrogens with two attached hydrogens (primary N) is 1. The highest BCUT2D eigenvalue weighted by Gasteiger charge is 2.31. The lowest BCUT2D eigenvalue weighted by atomic mass is 10.1. The molecule has 17 nitrogen and oxygen atoms in total. The van der Waals surface area contributed by atoms with Crippen molar-refractivity contribution >= 4 is 69.0 Å². The second-order valence-electron chi connectivity index (χ2n) is 8.12. The summed E-state index contributed by atoms with van der Waals surface area (Å²) in [7, 11) is 1.97. The molecule has 0 spiro atoms. The van der Waals surface area contributed by atoms with E-state index in [0.717, 1.165) is 21.6 Å². The number of amides is 5. The van der Waals surface area contributed by atoms with Crippen molar-refractivity contribution in [1.82, 2.24) is 26.6 Å². The van der Waals surface area contributed by atoms with E-state index in [1.165, 1.54) is 0 Å². The monoisotopic (exact) mass is 594 g/mol. The molecule has 1 saturated heterocycles. The standard InChI is InChI=1S/C20H30N6O11S2/c21-9(20(36)37)1-3-13(27)25-11(17(33)22-5-15(29)30)7-38-39-8-12(18(34)23-6-16(31)32)26-19(35)10-2-4-14(28)24-10/h9-12H,1-8,21H2,(H,22,33)(H,23,34)(H,24,28)(H,25,27)(H,26,35)(H,29,30)(H,31,32)(H,36,37)/t9-,10-,11-,12-/m0/s1. The Bertz CT molecular complexity index is 966. The Balaban J connectivity index is 2.75. The van der Waals surface area contributed by atoms with E-state index in [9.17, 15) is 38.4 Å². The summed E-state index contributed by atoms with van der Waals surface area (Å²) in [6.07, 6.45) is -0.164. The van der Waals surface area contributed by atoms with Crippen LogP contribution in [0.4, 0.5) is 0 Å². The molecule has 39 heavy (non-hydrogen) atoms. The van der Waals surface area contributed by atoms with Crippen LogP contribution in [0.2, 0.25) is 0 Å². The maximum absolute atomic E-state index is 12.4. The zero-order valence-corrected chi connectivity index (χ0v) is 22.1. The molecular weight excluding hydrogens is 564 g/mol. The van der Waals surface area contributed by atoms with E-state index in [1.807, 2.05) is 0 Å². The van der Waals surface area contributed by atoms with Crippen LogP contribution in [-0.2, 0) is 38.4 Å². The minimum absolute atomic E-state index is 0.104. The van der Waals surface area contributed by atoms with Gasteiger partial charge in [0.25, 0.3) is 0 Å². The van der Waals surface area contributed by atoms with E-state index in [2.05, 4.69) is 26.6 Å². The molecule has 0 saturated carbocycles. The van der Waals surface area contributed by atoms with Gasteiger partial charge < -0.3 is 47.6 Å². The van der Waals surface area contributed by atoms with Gasteiger partial charge in [-0.2, -0.15) is 0 Å². The first-order valence-electron chi connectivity index (χ1n) is 11.4. The van der Waals surface area contributed by atoms with E-state index in [0.29, 0.717) is 0 Å². The largest absolute Gasteiger partial charge is 0.480 e. The van der Waals surface area contributed by atoms with Crippen molar-refractivity contribution in [3.63, 3.8) is 0 Å². The Kier molecular flexibility index (Phi) is 14.7.